The van der Waals surface area contributed by atoms with Crippen molar-refractivity contribution in [1.82, 2.24) is 9.88 Å². The summed E-state index contributed by atoms with van der Waals surface area (Å²) in [7, 11) is 1.67. The van der Waals surface area contributed by atoms with Gasteiger partial charge < -0.3 is 19.1 Å². The van der Waals surface area contributed by atoms with Crippen LogP contribution in [0.2, 0.25) is 0 Å². The van der Waals surface area contributed by atoms with Crippen molar-refractivity contribution in [2.75, 3.05) is 40.1 Å². The molecule has 3 rings (SSSR count). The van der Waals surface area contributed by atoms with E-state index in [4.69, 9.17) is 14.2 Å². The van der Waals surface area contributed by atoms with Crippen molar-refractivity contribution < 1.29 is 19.0 Å². The highest BCUT2D eigenvalue weighted by molar-refractivity contribution is 5.80. The van der Waals surface area contributed by atoms with Gasteiger partial charge in [0.05, 0.1) is 37.9 Å². The number of likely N-dealkylation sites (tertiary alicyclic amines) is 1. The number of nitrogens with zero attached hydrogens (tertiary/aromatic N) is 2. The molecule has 6 heteroatoms. The summed E-state index contributed by atoms with van der Waals surface area (Å²) in [5.41, 5.74) is 1.18. The topological polar surface area (TPSA) is 60.9 Å². The Morgan fingerprint density at radius 3 is 2.88 bits per heavy atom. The van der Waals surface area contributed by atoms with Crippen LogP contribution in [0.5, 0.6) is 0 Å². The third-order valence-corrected chi connectivity index (χ3v) is 4.86. The Bertz CT molecular complexity index is 519. The zero-order valence-electron chi connectivity index (χ0n) is 14.2. The molecule has 24 heavy (non-hydrogen) atoms. The lowest BCUT2D eigenvalue weighted by Crippen LogP contribution is -2.45. The van der Waals surface area contributed by atoms with E-state index in [1.165, 1.54) is 5.56 Å². The molecule has 6 nitrogen and oxygen atoms in total. The first-order valence-corrected chi connectivity index (χ1v) is 8.67. The smallest absolute Gasteiger partial charge is 0.228 e. The molecule has 2 aliphatic rings. The van der Waals surface area contributed by atoms with E-state index >= 15 is 0 Å². The second-order valence-electron chi connectivity index (χ2n) is 6.41. The number of hydrogen-bond acceptors (Lipinski definition) is 5. The van der Waals surface area contributed by atoms with Gasteiger partial charge in [0, 0.05) is 32.7 Å². The Labute approximate surface area is 143 Å². The maximum Gasteiger partial charge on any atom is 0.228 e. The third kappa shape index (κ3) is 4.12. The van der Waals surface area contributed by atoms with Crippen LogP contribution in [0.1, 0.15) is 18.4 Å². The summed E-state index contributed by atoms with van der Waals surface area (Å²) in [5, 5.41) is 0. The molecule has 1 aromatic heterocycles. The van der Waals surface area contributed by atoms with Crippen LogP contribution in [-0.4, -0.2) is 68.0 Å². The summed E-state index contributed by atoms with van der Waals surface area (Å²) in [4.78, 5) is 19.0. The minimum Gasteiger partial charge on any atom is -0.382 e. The van der Waals surface area contributed by atoms with Crippen LogP contribution in [0.3, 0.4) is 0 Å². The summed E-state index contributed by atoms with van der Waals surface area (Å²) in [6.07, 6.45) is 6.13. The lowest BCUT2D eigenvalue weighted by atomic mass is 10.0. The first-order valence-electron chi connectivity index (χ1n) is 8.67. The predicted molar refractivity (Wildman–Crippen MR) is 88.6 cm³/mol. The van der Waals surface area contributed by atoms with Crippen molar-refractivity contribution in [1.29, 1.82) is 0 Å². The SMILES string of the molecule is COCCO[C@@H]1CCN(C(=O)C2CCOC2)[C@@H]1Cc1ccncc1. The van der Waals surface area contributed by atoms with E-state index < -0.39 is 0 Å². The molecule has 3 heterocycles. The molecular formula is C18H26N2O4. The van der Waals surface area contributed by atoms with Crippen molar-refractivity contribution in [2.24, 2.45) is 5.92 Å². The first kappa shape index (κ1) is 17.3. The molecule has 0 spiro atoms. The molecule has 0 N–H and O–H groups in total. The van der Waals surface area contributed by atoms with Gasteiger partial charge >= 0.3 is 0 Å². The predicted octanol–water partition coefficient (Wildman–Crippen LogP) is 1.29. The van der Waals surface area contributed by atoms with Crippen molar-refractivity contribution in [2.45, 2.75) is 31.4 Å². The molecule has 1 unspecified atom stereocenters. The molecule has 3 atom stereocenters. The molecular weight excluding hydrogens is 308 g/mol. The van der Waals surface area contributed by atoms with Crippen molar-refractivity contribution in [3.05, 3.63) is 30.1 Å². The normalized spacial score (nSPS) is 26.9. The number of carbonyl (C=O) groups excluding carboxylic acids is 1. The fourth-order valence-corrected chi connectivity index (χ4v) is 3.54. The van der Waals surface area contributed by atoms with E-state index in [-0.39, 0.29) is 24.0 Å². The van der Waals surface area contributed by atoms with E-state index in [0.29, 0.717) is 26.4 Å². The maximum absolute atomic E-state index is 12.9. The van der Waals surface area contributed by atoms with Gasteiger partial charge in [0.2, 0.25) is 5.91 Å². The van der Waals surface area contributed by atoms with Gasteiger partial charge in [0.1, 0.15) is 0 Å². The number of aromatic nitrogens is 1. The van der Waals surface area contributed by atoms with Gasteiger partial charge in [-0.3, -0.25) is 9.78 Å². The highest BCUT2D eigenvalue weighted by Gasteiger charge is 2.40. The third-order valence-electron chi connectivity index (χ3n) is 4.86. The van der Waals surface area contributed by atoms with Crippen LogP contribution >= 0.6 is 0 Å². The highest BCUT2D eigenvalue weighted by atomic mass is 16.5. The average Bonchev–Trinajstić information content (AvgIpc) is 3.26. The van der Waals surface area contributed by atoms with E-state index in [1.54, 1.807) is 19.5 Å². The van der Waals surface area contributed by atoms with Crippen LogP contribution < -0.4 is 0 Å². The Morgan fingerprint density at radius 1 is 1.33 bits per heavy atom. The van der Waals surface area contributed by atoms with Gasteiger partial charge in [-0.1, -0.05) is 0 Å². The maximum atomic E-state index is 12.9. The fraction of sp³-hybridized carbons (Fsp3) is 0.667. The highest BCUT2D eigenvalue weighted by Crippen LogP contribution is 2.28. The molecule has 2 fully saturated rings. The minimum absolute atomic E-state index is 0.00247. The summed E-state index contributed by atoms with van der Waals surface area (Å²) in [6, 6.07) is 4.08. The van der Waals surface area contributed by atoms with Gasteiger partial charge in [-0.2, -0.15) is 0 Å². The molecule has 0 aliphatic carbocycles. The molecule has 0 aromatic carbocycles. The van der Waals surface area contributed by atoms with E-state index in [0.717, 1.165) is 25.8 Å². The van der Waals surface area contributed by atoms with Crippen molar-refractivity contribution >= 4 is 5.91 Å². The second kappa shape index (κ2) is 8.55. The number of methoxy groups -OCH3 is 1. The lowest BCUT2D eigenvalue weighted by Gasteiger charge is -2.30. The van der Waals surface area contributed by atoms with Gasteiger partial charge in [-0.15, -0.1) is 0 Å². The number of carbonyl (C=O) groups is 1. The zero-order chi connectivity index (χ0) is 16.8. The van der Waals surface area contributed by atoms with Crippen molar-refractivity contribution in [3.63, 3.8) is 0 Å². The quantitative estimate of drug-likeness (QED) is 0.703. The van der Waals surface area contributed by atoms with Crippen LogP contribution in [0, 0.1) is 5.92 Å². The van der Waals surface area contributed by atoms with E-state index in [9.17, 15) is 4.79 Å². The monoisotopic (exact) mass is 334 g/mol. The van der Waals surface area contributed by atoms with Gasteiger partial charge in [0.25, 0.3) is 0 Å². The fourth-order valence-electron chi connectivity index (χ4n) is 3.54. The Balaban J connectivity index is 1.70. The van der Waals surface area contributed by atoms with Crippen molar-refractivity contribution in [3.8, 4) is 0 Å². The number of rotatable bonds is 7. The van der Waals surface area contributed by atoms with E-state index in [1.807, 2.05) is 17.0 Å². The minimum atomic E-state index is 0.00247. The number of pyridine rings is 1. The van der Waals surface area contributed by atoms with Crippen LogP contribution in [0.25, 0.3) is 0 Å². The van der Waals surface area contributed by atoms with Gasteiger partial charge in [-0.05, 0) is 37.0 Å². The van der Waals surface area contributed by atoms with Crippen LogP contribution in [-0.2, 0) is 25.4 Å². The Hall–Kier alpha value is -1.50. The number of amides is 1. The van der Waals surface area contributed by atoms with Gasteiger partial charge in [0.15, 0.2) is 0 Å². The molecule has 2 saturated heterocycles. The van der Waals surface area contributed by atoms with E-state index in [2.05, 4.69) is 4.98 Å². The molecule has 0 saturated carbocycles. The van der Waals surface area contributed by atoms with Gasteiger partial charge in [-0.25, -0.2) is 0 Å². The average molecular weight is 334 g/mol. The van der Waals surface area contributed by atoms with Crippen LogP contribution in [0.4, 0.5) is 0 Å². The molecule has 2 aliphatic heterocycles. The molecule has 0 bridgehead atoms. The zero-order valence-corrected chi connectivity index (χ0v) is 14.2. The summed E-state index contributed by atoms with van der Waals surface area (Å²) in [6.45, 7) is 3.12. The Morgan fingerprint density at radius 2 is 2.17 bits per heavy atom. The molecule has 1 aromatic rings. The number of hydrogen-bond donors (Lipinski definition) is 0. The standard InChI is InChI=1S/C18H26N2O4/c1-22-10-11-24-17-4-8-20(18(21)15-5-9-23-13-15)16(17)12-14-2-6-19-7-3-14/h2-3,6-7,15-17H,4-5,8-13H2,1H3/t15?,16-,17-/m1/s1. The Kier molecular flexibility index (Phi) is 6.18. The molecule has 1 amide bonds. The second-order valence-corrected chi connectivity index (χ2v) is 6.41. The first-order chi connectivity index (χ1) is 11.8. The molecule has 132 valence electrons. The summed E-state index contributed by atoms with van der Waals surface area (Å²) >= 11 is 0. The summed E-state index contributed by atoms with van der Waals surface area (Å²) < 4.78 is 16.5. The number of ether oxygens (including phenoxy) is 3. The molecule has 0 radical (unpaired) electrons. The van der Waals surface area contributed by atoms with Crippen LogP contribution in [0.15, 0.2) is 24.5 Å². The largest absolute Gasteiger partial charge is 0.382 e. The summed E-state index contributed by atoms with van der Waals surface area (Å²) in [5.74, 6) is 0.215. The lowest BCUT2D eigenvalue weighted by molar-refractivity contribution is -0.137.